The highest BCUT2D eigenvalue weighted by molar-refractivity contribution is 5.78. The Labute approximate surface area is 107 Å². The Balaban J connectivity index is 2.24. The molecule has 3 nitrogen and oxygen atoms in total. The van der Waals surface area contributed by atoms with Gasteiger partial charge in [-0.15, -0.1) is 0 Å². The molecule has 1 amide bonds. The van der Waals surface area contributed by atoms with E-state index in [1.165, 1.54) is 6.92 Å². The molecule has 0 unspecified atom stereocenters. The number of hydrogen-bond acceptors (Lipinski definition) is 2. The van der Waals surface area contributed by atoms with E-state index in [0.29, 0.717) is 0 Å². The lowest BCUT2D eigenvalue weighted by Crippen LogP contribution is -2.46. The zero-order valence-corrected chi connectivity index (χ0v) is 10.5. The minimum atomic E-state index is -0.399. The van der Waals surface area contributed by atoms with Crippen molar-refractivity contribution in [3.8, 4) is 0 Å². The second-order valence-electron chi connectivity index (χ2n) is 4.84. The minimum Gasteiger partial charge on any atom is -0.347 e. The molecule has 0 heterocycles. The number of rotatable bonds is 4. The molecular weight excluding hydrogens is 226 g/mol. The van der Waals surface area contributed by atoms with Crippen molar-refractivity contribution >= 4 is 12.2 Å². The van der Waals surface area contributed by atoms with Gasteiger partial charge in [0, 0.05) is 6.92 Å². The Morgan fingerprint density at radius 1 is 1.39 bits per heavy atom. The third kappa shape index (κ3) is 2.86. The smallest absolute Gasteiger partial charge is 0.217 e. The topological polar surface area (TPSA) is 46.2 Å². The quantitative estimate of drug-likeness (QED) is 0.822. The van der Waals surface area contributed by atoms with Gasteiger partial charge in [0.25, 0.3) is 0 Å². The predicted molar refractivity (Wildman–Crippen MR) is 70.1 cm³/mol. The number of carbonyl (C=O) groups is 2. The van der Waals surface area contributed by atoms with Gasteiger partial charge >= 0.3 is 0 Å². The van der Waals surface area contributed by atoms with Gasteiger partial charge in [0.15, 0.2) is 0 Å². The Kier molecular flexibility index (Phi) is 3.60. The van der Waals surface area contributed by atoms with Crippen LogP contribution >= 0.6 is 0 Å². The molecule has 94 valence electrons. The minimum absolute atomic E-state index is 0.0608. The number of nitrogens with one attached hydrogen (secondary N) is 1. The van der Waals surface area contributed by atoms with Gasteiger partial charge in [0.05, 0.1) is 5.54 Å². The number of hydrogen-bond donors (Lipinski definition) is 1. The molecule has 0 aromatic heterocycles. The van der Waals surface area contributed by atoms with E-state index >= 15 is 0 Å². The average Bonchev–Trinajstić information content (AvgIpc) is 2.72. The van der Waals surface area contributed by atoms with Crippen molar-refractivity contribution in [1.29, 1.82) is 0 Å². The molecule has 2 rings (SSSR count). The monoisotopic (exact) mass is 243 g/mol. The van der Waals surface area contributed by atoms with Crippen LogP contribution in [0.3, 0.4) is 0 Å². The van der Waals surface area contributed by atoms with Crippen molar-refractivity contribution < 1.29 is 9.59 Å². The maximum Gasteiger partial charge on any atom is 0.217 e. The van der Waals surface area contributed by atoms with Crippen LogP contribution < -0.4 is 5.32 Å². The maximum absolute atomic E-state index is 11.4. The summed E-state index contributed by atoms with van der Waals surface area (Å²) in [5.74, 6) is -0.0608. The first-order chi connectivity index (χ1) is 8.63. The van der Waals surface area contributed by atoms with Crippen LogP contribution in [0, 0.1) is 0 Å². The van der Waals surface area contributed by atoms with Crippen LogP contribution in [0.4, 0.5) is 0 Å². The Bertz CT molecular complexity index is 479. The highest BCUT2D eigenvalue weighted by atomic mass is 16.1. The first-order valence-electron chi connectivity index (χ1n) is 6.13. The van der Waals surface area contributed by atoms with Crippen LogP contribution in [0.1, 0.15) is 25.3 Å². The fraction of sp³-hybridized carbons (Fsp3) is 0.333. The first kappa shape index (κ1) is 12.6. The highest BCUT2D eigenvalue weighted by Crippen LogP contribution is 2.30. The summed E-state index contributed by atoms with van der Waals surface area (Å²) in [6.45, 7) is 1.51. The van der Waals surface area contributed by atoms with Crippen LogP contribution in [0.2, 0.25) is 0 Å². The molecule has 1 aromatic rings. The highest BCUT2D eigenvalue weighted by Gasteiger charge is 2.33. The zero-order chi connectivity index (χ0) is 13.0. The van der Waals surface area contributed by atoms with Gasteiger partial charge in [0.2, 0.25) is 5.91 Å². The SMILES string of the molecule is CC(=O)N[C@]1(Cc2ccccc2)C=C(C=O)CC1. The molecular formula is C15H17NO2. The molecule has 18 heavy (non-hydrogen) atoms. The van der Waals surface area contributed by atoms with Crippen molar-refractivity contribution in [2.24, 2.45) is 0 Å². The molecule has 1 atom stereocenters. The summed E-state index contributed by atoms with van der Waals surface area (Å²) in [7, 11) is 0. The molecule has 0 spiro atoms. The van der Waals surface area contributed by atoms with E-state index in [1.54, 1.807) is 0 Å². The number of carbonyl (C=O) groups excluding carboxylic acids is 2. The number of benzene rings is 1. The van der Waals surface area contributed by atoms with Crippen LogP contribution in [-0.4, -0.2) is 17.7 Å². The number of aldehydes is 1. The second-order valence-corrected chi connectivity index (χ2v) is 4.84. The summed E-state index contributed by atoms with van der Waals surface area (Å²) < 4.78 is 0. The van der Waals surface area contributed by atoms with Crippen LogP contribution in [0.25, 0.3) is 0 Å². The Morgan fingerprint density at radius 2 is 2.11 bits per heavy atom. The van der Waals surface area contributed by atoms with Gasteiger partial charge in [-0.3, -0.25) is 9.59 Å². The van der Waals surface area contributed by atoms with E-state index in [2.05, 4.69) is 5.32 Å². The van der Waals surface area contributed by atoms with Gasteiger partial charge in [-0.25, -0.2) is 0 Å². The van der Waals surface area contributed by atoms with E-state index in [1.807, 2.05) is 36.4 Å². The summed E-state index contributed by atoms with van der Waals surface area (Å²) in [5, 5.41) is 2.99. The molecule has 1 N–H and O–H groups in total. The summed E-state index contributed by atoms with van der Waals surface area (Å²) in [6, 6.07) is 10.0. The fourth-order valence-electron chi connectivity index (χ4n) is 2.55. The molecule has 0 aliphatic heterocycles. The van der Waals surface area contributed by atoms with Gasteiger partial charge in [-0.2, -0.15) is 0 Å². The second kappa shape index (κ2) is 5.17. The summed E-state index contributed by atoms with van der Waals surface area (Å²) in [6.07, 6.45) is 5.04. The van der Waals surface area contributed by atoms with E-state index in [4.69, 9.17) is 0 Å². The largest absolute Gasteiger partial charge is 0.347 e. The van der Waals surface area contributed by atoms with Gasteiger partial charge in [-0.1, -0.05) is 36.4 Å². The van der Waals surface area contributed by atoms with Crippen molar-refractivity contribution in [2.45, 2.75) is 31.7 Å². The molecule has 0 bridgehead atoms. The predicted octanol–water partition coefficient (Wildman–Crippen LogP) is 2.02. The van der Waals surface area contributed by atoms with Gasteiger partial charge in [0.1, 0.15) is 6.29 Å². The molecule has 0 radical (unpaired) electrons. The lowest BCUT2D eigenvalue weighted by atomic mass is 9.90. The van der Waals surface area contributed by atoms with Crippen LogP contribution in [0.5, 0.6) is 0 Å². The Hall–Kier alpha value is -1.90. The van der Waals surface area contributed by atoms with Gasteiger partial charge < -0.3 is 5.32 Å². The molecule has 1 aromatic carbocycles. The van der Waals surface area contributed by atoms with Crippen LogP contribution in [0.15, 0.2) is 42.0 Å². The van der Waals surface area contributed by atoms with Crippen molar-refractivity contribution in [3.05, 3.63) is 47.5 Å². The lowest BCUT2D eigenvalue weighted by molar-refractivity contribution is -0.120. The summed E-state index contributed by atoms with van der Waals surface area (Å²) in [4.78, 5) is 22.2. The molecule has 3 heteroatoms. The van der Waals surface area contributed by atoms with Gasteiger partial charge in [-0.05, 0) is 30.4 Å². The van der Waals surface area contributed by atoms with E-state index in [9.17, 15) is 9.59 Å². The third-order valence-corrected chi connectivity index (χ3v) is 3.26. The van der Waals surface area contributed by atoms with Crippen molar-refractivity contribution in [2.75, 3.05) is 0 Å². The van der Waals surface area contributed by atoms with E-state index in [-0.39, 0.29) is 5.91 Å². The summed E-state index contributed by atoms with van der Waals surface area (Å²) in [5.41, 5.74) is 1.54. The fourth-order valence-corrected chi connectivity index (χ4v) is 2.55. The standard InChI is InChI=1S/C15H17NO2/c1-12(18)16-15(8-7-14(10-15)11-17)9-13-5-3-2-4-6-13/h2-6,10-11H,7-9H2,1H3,(H,16,18)/t15-/m1/s1. The third-order valence-electron chi connectivity index (χ3n) is 3.26. The van der Waals surface area contributed by atoms with Crippen molar-refractivity contribution in [1.82, 2.24) is 5.32 Å². The zero-order valence-electron chi connectivity index (χ0n) is 10.5. The van der Waals surface area contributed by atoms with E-state index < -0.39 is 5.54 Å². The Morgan fingerprint density at radius 3 is 2.67 bits per heavy atom. The molecule has 1 aliphatic rings. The molecule has 0 saturated carbocycles. The summed E-state index contributed by atoms with van der Waals surface area (Å²) >= 11 is 0. The molecule has 0 saturated heterocycles. The number of allylic oxidation sites excluding steroid dienone is 1. The average molecular weight is 243 g/mol. The van der Waals surface area contributed by atoms with Crippen LogP contribution in [-0.2, 0) is 16.0 Å². The van der Waals surface area contributed by atoms with E-state index in [0.717, 1.165) is 36.7 Å². The van der Waals surface area contributed by atoms with Crippen molar-refractivity contribution in [3.63, 3.8) is 0 Å². The maximum atomic E-state index is 11.4. The molecule has 0 fully saturated rings. The first-order valence-corrected chi connectivity index (χ1v) is 6.13. The molecule has 1 aliphatic carbocycles. The lowest BCUT2D eigenvalue weighted by Gasteiger charge is -2.28. The normalized spacial score (nSPS) is 22.4. The number of amides is 1.